The summed E-state index contributed by atoms with van der Waals surface area (Å²) in [5.74, 6) is 0.277. The van der Waals surface area contributed by atoms with Gasteiger partial charge in [0.15, 0.2) is 0 Å². The number of benzene rings is 1. The van der Waals surface area contributed by atoms with Crippen LogP contribution in [0.25, 0.3) is 0 Å². The molecule has 1 atom stereocenters. The van der Waals surface area contributed by atoms with Gasteiger partial charge in [-0.1, -0.05) is 78.9 Å². The van der Waals surface area contributed by atoms with Crippen LogP contribution in [0.3, 0.4) is 0 Å². The fourth-order valence-electron chi connectivity index (χ4n) is 6.86. The minimum absolute atomic E-state index is 0.00122. The first-order chi connectivity index (χ1) is 18.2. The first kappa shape index (κ1) is 30.3. The molecule has 218 valence electrons. The smallest absolute Gasteiger partial charge is 0.335 e. The van der Waals surface area contributed by atoms with Crippen LogP contribution in [0.1, 0.15) is 122 Å². The molecule has 1 unspecified atom stereocenters. The average molecular weight is 579 g/mol. The number of rotatable bonds is 9. The molecule has 1 N–H and O–H groups in total. The van der Waals surface area contributed by atoms with Gasteiger partial charge < -0.3 is 4.18 Å². The van der Waals surface area contributed by atoms with E-state index in [0.717, 1.165) is 56.9 Å². The van der Waals surface area contributed by atoms with Crippen molar-refractivity contribution in [3.8, 4) is 5.75 Å². The standard InChI is InChI=1S/C31H46O6S2/c1-19(2)24-15-26(20(3)4)31(27(16-24)21(5)6)39(35,36)37-25-17-28(22-11-7-8-12-22)30(38(32,33)34)29(18-25)23-13-9-10-14-23/h15,17-23,27H,7-14,16H2,1-6H3,(H,32,33,34). The quantitative estimate of drug-likeness (QED) is 0.235. The molecule has 0 saturated heterocycles. The summed E-state index contributed by atoms with van der Waals surface area (Å²) in [5.41, 5.74) is 3.06. The third-order valence-corrected chi connectivity index (χ3v) is 11.5. The van der Waals surface area contributed by atoms with E-state index in [9.17, 15) is 21.4 Å². The maximum absolute atomic E-state index is 14.1. The van der Waals surface area contributed by atoms with Gasteiger partial charge in [-0.2, -0.15) is 16.8 Å². The maximum atomic E-state index is 14.1. The van der Waals surface area contributed by atoms with Crippen molar-refractivity contribution in [1.82, 2.24) is 0 Å². The fraction of sp³-hybridized carbons (Fsp3) is 0.677. The molecule has 2 saturated carbocycles. The van der Waals surface area contributed by atoms with Gasteiger partial charge in [0.05, 0.1) is 4.91 Å². The molecule has 2 fully saturated rings. The molecule has 0 amide bonds. The van der Waals surface area contributed by atoms with Crippen molar-refractivity contribution in [2.45, 2.75) is 116 Å². The van der Waals surface area contributed by atoms with E-state index in [1.54, 1.807) is 12.1 Å². The molecule has 0 radical (unpaired) electrons. The summed E-state index contributed by atoms with van der Waals surface area (Å²) in [6.45, 7) is 12.4. The fourth-order valence-corrected chi connectivity index (χ4v) is 9.65. The van der Waals surface area contributed by atoms with Gasteiger partial charge >= 0.3 is 10.1 Å². The van der Waals surface area contributed by atoms with E-state index in [4.69, 9.17) is 4.18 Å². The highest BCUT2D eigenvalue weighted by molar-refractivity contribution is 7.91. The molecule has 0 heterocycles. The number of hydrogen-bond acceptors (Lipinski definition) is 5. The Hall–Kier alpha value is -1.64. The van der Waals surface area contributed by atoms with Crippen molar-refractivity contribution in [2.24, 2.45) is 23.7 Å². The minimum atomic E-state index is -4.50. The van der Waals surface area contributed by atoms with Crippen LogP contribution in [0.15, 0.2) is 39.2 Å². The first-order valence-electron chi connectivity index (χ1n) is 14.7. The van der Waals surface area contributed by atoms with Crippen LogP contribution >= 0.6 is 0 Å². The van der Waals surface area contributed by atoms with Crippen molar-refractivity contribution in [3.63, 3.8) is 0 Å². The van der Waals surface area contributed by atoms with Crippen molar-refractivity contribution >= 4 is 20.2 Å². The zero-order valence-corrected chi connectivity index (χ0v) is 26.0. The molecule has 8 heteroatoms. The van der Waals surface area contributed by atoms with Crippen molar-refractivity contribution < 1.29 is 25.6 Å². The SMILES string of the molecule is CC(C)C1=CC(C(C)C)=C(S(=O)(=O)Oc2cc(C3CCCC3)c(S(=O)(=O)O)c(C3CCCC3)c2)C(C(C)C)C1. The van der Waals surface area contributed by atoms with E-state index in [1.165, 1.54) is 5.57 Å². The Bertz CT molecular complexity index is 1300. The highest BCUT2D eigenvalue weighted by atomic mass is 32.2. The molecule has 4 rings (SSSR count). The minimum Gasteiger partial charge on any atom is -0.379 e. The van der Waals surface area contributed by atoms with Crippen LogP contribution < -0.4 is 4.18 Å². The normalized spacial score (nSPS) is 22.0. The highest BCUT2D eigenvalue weighted by Gasteiger charge is 2.39. The number of allylic oxidation sites excluding steroid dienone is 4. The molecular weight excluding hydrogens is 532 g/mol. The molecule has 3 aliphatic carbocycles. The summed E-state index contributed by atoms with van der Waals surface area (Å²) >= 11 is 0. The van der Waals surface area contributed by atoms with Gasteiger partial charge in [0, 0.05) is 5.92 Å². The topological polar surface area (TPSA) is 97.7 Å². The van der Waals surface area contributed by atoms with Gasteiger partial charge in [-0.05, 0) is 90.5 Å². The average Bonchev–Trinajstić information content (AvgIpc) is 3.56. The van der Waals surface area contributed by atoms with Crippen LogP contribution in [-0.4, -0.2) is 21.4 Å². The van der Waals surface area contributed by atoms with E-state index >= 15 is 0 Å². The Morgan fingerprint density at radius 2 is 1.28 bits per heavy atom. The lowest BCUT2D eigenvalue weighted by Gasteiger charge is -2.33. The molecule has 0 bridgehead atoms. The summed E-state index contributed by atoms with van der Waals surface area (Å²) in [4.78, 5) is 0.330. The predicted octanol–water partition coefficient (Wildman–Crippen LogP) is 8.13. The van der Waals surface area contributed by atoms with E-state index in [0.29, 0.717) is 28.4 Å². The van der Waals surface area contributed by atoms with Crippen LogP contribution in [0.4, 0.5) is 0 Å². The zero-order chi connectivity index (χ0) is 28.7. The molecule has 0 aliphatic heterocycles. The Kier molecular flexibility index (Phi) is 9.09. The Morgan fingerprint density at radius 3 is 1.67 bits per heavy atom. The third-order valence-electron chi connectivity index (χ3n) is 9.03. The second-order valence-electron chi connectivity index (χ2n) is 12.8. The monoisotopic (exact) mass is 578 g/mol. The van der Waals surface area contributed by atoms with Crippen LogP contribution in [0.2, 0.25) is 0 Å². The summed E-state index contributed by atoms with van der Waals surface area (Å²) in [6.07, 6.45) is 9.87. The molecule has 1 aromatic rings. The van der Waals surface area contributed by atoms with Crippen LogP contribution in [-0.2, 0) is 20.2 Å². The summed E-state index contributed by atoms with van der Waals surface area (Å²) in [6, 6.07) is 3.15. The molecule has 6 nitrogen and oxygen atoms in total. The van der Waals surface area contributed by atoms with Crippen molar-refractivity contribution in [3.05, 3.63) is 45.4 Å². The molecule has 0 spiro atoms. The lowest BCUT2D eigenvalue weighted by atomic mass is 9.77. The lowest BCUT2D eigenvalue weighted by Crippen LogP contribution is -2.28. The first-order valence-corrected chi connectivity index (χ1v) is 17.6. The van der Waals surface area contributed by atoms with Gasteiger partial charge in [0.1, 0.15) is 10.6 Å². The summed E-state index contributed by atoms with van der Waals surface area (Å²) < 4.78 is 70.1. The second-order valence-corrected chi connectivity index (χ2v) is 15.7. The molecule has 1 aromatic carbocycles. The van der Waals surface area contributed by atoms with Crippen molar-refractivity contribution in [1.29, 1.82) is 0 Å². The van der Waals surface area contributed by atoms with Crippen LogP contribution in [0, 0.1) is 23.7 Å². The summed E-state index contributed by atoms with van der Waals surface area (Å²) in [5, 5.41) is 0. The van der Waals surface area contributed by atoms with Gasteiger partial charge in [0.25, 0.3) is 10.1 Å². The lowest BCUT2D eigenvalue weighted by molar-refractivity contribution is 0.410. The number of hydrogen-bond donors (Lipinski definition) is 1. The van der Waals surface area contributed by atoms with Gasteiger partial charge in [-0.15, -0.1) is 0 Å². The van der Waals surface area contributed by atoms with E-state index in [-0.39, 0.29) is 40.2 Å². The Balaban J connectivity index is 1.89. The highest BCUT2D eigenvalue weighted by Crippen LogP contribution is 2.47. The van der Waals surface area contributed by atoms with Gasteiger partial charge in [-0.3, -0.25) is 4.55 Å². The second kappa shape index (κ2) is 11.7. The Labute approximate surface area is 236 Å². The molecule has 0 aromatic heterocycles. The van der Waals surface area contributed by atoms with Crippen molar-refractivity contribution in [2.75, 3.05) is 0 Å². The molecular formula is C31H46O6S2. The Morgan fingerprint density at radius 1 is 0.795 bits per heavy atom. The zero-order valence-electron chi connectivity index (χ0n) is 24.4. The third kappa shape index (κ3) is 6.48. The van der Waals surface area contributed by atoms with E-state index in [1.807, 2.05) is 13.8 Å². The predicted molar refractivity (Wildman–Crippen MR) is 156 cm³/mol. The summed E-state index contributed by atoms with van der Waals surface area (Å²) in [7, 11) is -8.68. The van der Waals surface area contributed by atoms with Gasteiger partial charge in [-0.25, -0.2) is 0 Å². The largest absolute Gasteiger partial charge is 0.379 e. The maximum Gasteiger partial charge on any atom is 0.335 e. The van der Waals surface area contributed by atoms with Crippen LogP contribution in [0.5, 0.6) is 5.75 Å². The van der Waals surface area contributed by atoms with E-state index in [2.05, 4.69) is 33.8 Å². The molecule has 3 aliphatic rings. The molecule has 39 heavy (non-hydrogen) atoms. The van der Waals surface area contributed by atoms with E-state index < -0.39 is 20.2 Å². The van der Waals surface area contributed by atoms with Gasteiger partial charge in [0.2, 0.25) is 0 Å².